The molecule has 0 unspecified atom stereocenters. The first-order chi connectivity index (χ1) is 5.07. The molecule has 0 aromatic heterocycles. The van der Waals surface area contributed by atoms with E-state index in [0.29, 0.717) is 18.4 Å². The van der Waals surface area contributed by atoms with Crippen molar-refractivity contribution in [2.24, 2.45) is 11.8 Å². The van der Waals surface area contributed by atoms with Crippen molar-refractivity contribution in [3.8, 4) is 0 Å². The molecule has 0 heterocycles. The highest BCUT2D eigenvalue weighted by molar-refractivity contribution is 4.93. The largest absolute Gasteiger partial charge is 0.396 e. The van der Waals surface area contributed by atoms with E-state index < -0.39 is 0 Å². The van der Waals surface area contributed by atoms with Gasteiger partial charge in [0, 0.05) is 6.61 Å². The smallest absolute Gasteiger partial charge is 0.0459 e. The van der Waals surface area contributed by atoms with E-state index in [9.17, 15) is 0 Å². The molecule has 0 spiro atoms. The molecule has 1 N–H and O–H groups in total. The van der Waals surface area contributed by atoms with Gasteiger partial charge in [0.15, 0.2) is 0 Å². The lowest BCUT2D eigenvalue weighted by Crippen LogP contribution is -2.11. The maximum Gasteiger partial charge on any atom is 0.0459 e. The van der Waals surface area contributed by atoms with Crippen LogP contribution in [0.4, 0.5) is 0 Å². The van der Waals surface area contributed by atoms with Crippen molar-refractivity contribution in [3.05, 3.63) is 11.6 Å². The summed E-state index contributed by atoms with van der Waals surface area (Å²) >= 11 is 0. The lowest BCUT2D eigenvalue weighted by molar-refractivity contribution is 0.196. The molecule has 0 rings (SSSR count). The highest BCUT2D eigenvalue weighted by atomic mass is 16.3. The second-order valence-electron chi connectivity index (χ2n) is 3.65. The Balaban J connectivity index is 3.68. The summed E-state index contributed by atoms with van der Waals surface area (Å²) in [6.45, 7) is 8.79. The van der Waals surface area contributed by atoms with Crippen LogP contribution in [0.5, 0.6) is 0 Å². The van der Waals surface area contributed by atoms with Crippen LogP contribution in [0.2, 0.25) is 0 Å². The minimum absolute atomic E-state index is 0.303. The van der Waals surface area contributed by atoms with Crippen LogP contribution in [0.25, 0.3) is 0 Å². The Bertz CT molecular complexity index is 123. The third kappa shape index (κ3) is 5.02. The van der Waals surface area contributed by atoms with Crippen molar-refractivity contribution in [1.82, 2.24) is 0 Å². The maximum absolute atomic E-state index is 8.85. The van der Waals surface area contributed by atoms with Crippen LogP contribution in [-0.2, 0) is 0 Å². The number of hydrogen-bond acceptors (Lipinski definition) is 1. The first-order valence-corrected chi connectivity index (χ1v) is 4.32. The Morgan fingerprint density at radius 1 is 1.27 bits per heavy atom. The monoisotopic (exact) mass is 156 g/mol. The van der Waals surface area contributed by atoms with Gasteiger partial charge in [-0.2, -0.15) is 0 Å². The Morgan fingerprint density at radius 3 is 2.18 bits per heavy atom. The van der Waals surface area contributed by atoms with Gasteiger partial charge in [-0.25, -0.2) is 0 Å². The normalized spacial score (nSPS) is 15.7. The number of allylic oxidation sites excluding steroid dienone is 2. The fourth-order valence-corrected chi connectivity index (χ4v) is 0.834. The third-order valence-electron chi connectivity index (χ3n) is 2.16. The standard InChI is InChI=1S/C10H20O/c1-8(2)5-6-9(3)10(4)7-11/h5,9-11H,6-7H2,1-4H3/t9-,10+/m1/s1. The zero-order valence-electron chi connectivity index (χ0n) is 8.09. The van der Waals surface area contributed by atoms with Crippen LogP contribution < -0.4 is 0 Å². The van der Waals surface area contributed by atoms with E-state index in [0.717, 1.165) is 6.42 Å². The van der Waals surface area contributed by atoms with Crippen LogP contribution in [0.3, 0.4) is 0 Å². The lowest BCUT2D eigenvalue weighted by atomic mass is 9.93. The Kier molecular flexibility index (Phi) is 5.22. The number of hydrogen-bond donors (Lipinski definition) is 1. The van der Waals surface area contributed by atoms with Gasteiger partial charge in [-0.05, 0) is 32.1 Å². The van der Waals surface area contributed by atoms with Gasteiger partial charge in [0.25, 0.3) is 0 Å². The molecule has 0 saturated heterocycles. The lowest BCUT2D eigenvalue weighted by Gasteiger charge is -2.15. The van der Waals surface area contributed by atoms with Crippen molar-refractivity contribution in [1.29, 1.82) is 0 Å². The van der Waals surface area contributed by atoms with Crippen molar-refractivity contribution >= 4 is 0 Å². The number of aliphatic hydroxyl groups excluding tert-OH is 1. The van der Waals surface area contributed by atoms with Crippen molar-refractivity contribution in [2.75, 3.05) is 6.61 Å². The van der Waals surface area contributed by atoms with Gasteiger partial charge in [0.2, 0.25) is 0 Å². The van der Waals surface area contributed by atoms with Crippen LogP contribution in [0.1, 0.15) is 34.1 Å². The molecule has 0 radical (unpaired) electrons. The summed E-state index contributed by atoms with van der Waals surface area (Å²) in [7, 11) is 0. The molecule has 66 valence electrons. The van der Waals surface area contributed by atoms with E-state index in [2.05, 4.69) is 33.8 Å². The fraction of sp³-hybridized carbons (Fsp3) is 0.800. The van der Waals surface area contributed by atoms with Gasteiger partial charge in [0.05, 0.1) is 0 Å². The molecule has 2 atom stereocenters. The summed E-state index contributed by atoms with van der Waals surface area (Å²) in [5.41, 5.74) is 1.36. The molecular weight excluding hydrogens is 136 g/mol. The fourth-order valence-electron chi connectivity index (χ4n) is 0.834. The zero-order chi connectivity index (χ0) is 8.85. The topological polar surface area (TPSA) is 20.2 Å². The molecule has 1 nitrogen and oxygen atoms in total. The van der Waals surface area contributed by atoms with E-state index >= 15 is 0 Å². The summed E-state index contributed by atoms with van der Waals surface area (Å²) in [6.07, 6.45) is 3.32. The van der Waals surface area contributed by atoms with Gasteiger partial charge < -0.3 is 5.11 Å². The molecule has 1 heteroatoms. The SMILES string of the molecule is CC(C)=CC[C@@H](C)[C@@H](C)CO. The summed E-state index contributed by atoms with van der Waals surface area (Å²) in [6, 6.07) is 0. The predicted molar refractivity (Wildman–Crippen MR) is 49.5 cm³/mol. The zero-order valence-corrected chi connectivity index (χ0v) is 8.09. The van der Waals surface area contributed by atoms with E-state index in [1.54, 1.807) is 0 Å². The van der Waals surface area contributed by atoms with Crippen molar-refractivity contribution in [2.45, 2.75) is 34.1 Å². The summed E-state index contributed by atoms with van der Waals surface area (Å²) in [5, 5.41) is 8.85. The predicted octanol–water partition coefficient (Wildman–Crippen LogP) is 2.61. The summed E-state index contributed by atoms with van der Waals surface area (Å²) in [5.74, 6) is 1.01. The molecule has 0 fully saturated rings. The van der Waals surface area contributed by atoms with E-state index in [1.807, 2.05) is 0 Å². The van der Waals surface area contributed by atoms with Gasteiger partial charge in [-0.1, -0.05) is 25.5 Å². The molecule has 0 aromatic rings. The van der Waals surface area contributed by atoms with E-state index in [-0.39, 0.29) is 0 Å². The Labute approximate surface area is 70.1 Å². The Morgan fingerprint density at radius 2 is 1.82 bits per heavy atom. The molecule has 0 aliphatic rings. The molecule has 11 heavy (non-hydrogen) atoms. The van der Waals surface area contributed by atoms with Crippen LogP contribution in [-0.4, -0.2) is 11.7 Å². The first-order valence-electron chi connectivity index (χ1n) is 4.32. The van der Waals surface area contributed by atoms with E-state index in [1.165, 1.54) is 5.57 Å². The quantitative estimate of drug-likeness (QED) is 0.620. The first kappa shape index (κ1) is 10.7. The number of rotatable bonds is 4. The second kappa shape index (κ2) is 5.36. The summed E-state index contributed by atoms with van der Waals surface area (Å²) < 4.78 is 0. The van der Waals surface area contributed by atoms with E-state index in [4.69, 9.17) is 5.11 Å². The average Bonchev–Trinajstić information content (AvgIpc) is 1.98. The van der Waals surface area contributed by atoms with Gasteiger partial charge in [-0.3, -0.25) is 0 Å². The van der Waals surface area contributed by atoms with Crippen LogP contribution in [0.15, 0.2) is 11.6 Å². The second-order valence-corrected chi connectivity index (χ2v) is 3.65. The highest BCUT2D eigenvalue weighted by Gasteiger charge is 2.08. The van der Waals surface area contributed by atoms with Crippen molar-refractivity contribution < 1.29 is 5.11 Å². The minimum Gasteiger partial charge on any atom is -0.396 e. The number of aliphatic hydroxyl groups is 1. The molecule has 0 bridgehead atoms. The van der Waals surface area contributed by atoms with Gasteiger partial charge in [0.1, 0.15) is 0 Å². The van der Waals surface area contributed by atoms with Crippen molar-refractivity contribution in [3.63, 3.8) is 0 Å². The van der Waals surface area contributed by atoms with Gasteiger partial charge in [-0.15, -0.1) is 0 Å². The average molecular weight is 156 g/mol. The third-order valence-corrected chi connectivity index (χ3v) is 2.16. The molecule has 0 aliphatic carbocycles. The molecule has 0 amide bonds. The highest BCUT2D eigenvalue weighted by Crippen LogP contribution is 2.15. The minimum atomic E-state index is 0.303. The summed E-state index contributed by atoms with van der Waals surface area (Å²) in [4.78, 5) is 0. The molecule has 0 aromatic carbocycles. The van der Waals surface area contributed by atoms with Gasteiger partial charge >= 0.3 is 0 Å². The maximum atomic E-state index is 8.85. The molecule has 0 aliphatic heterocycles. The van der Waals surface area contributed by atoms with Crippen LogP contribution in [0, 0.1) is 11.8 Å². The van der Waals surface area contributed by atoms with Crippen LogP contribution >= 0.6 is 0 Å². The Hall–Kier alpha value is -0.300. The molecule has 0 saturated carbocycles. The molecular formula is C10H20O.